The molecule has 4 rings (SSSR count). The number of carbonyl (C=O) groups is 2. The molecule has 0 bridgehead atoms. The molecule has 0 aliphatic heterocycles. The normalized spacial score (nSPS) is 11.5. The number of phenolic OH excluding ortho intramolecular Hbond substituents is 2. The van der Waals surface area contributed by atoms with E-state index in [2.05, 4.69) is 23.8 Å². The third-order valence-corrected chi connectivity index (χ3v) is 14.7. The fourth-order valence-corrected chi connectivity index (χ4v) is 9.66. The lowest BCUT2D eigenvalue weighted by atomic mass is 10.0. The Kier molecular flexibility index (Phi) is 36.8. The molecule has 79 heavy (non-hydrogen) atoms. The Balaban J connectivity index is 0.973. The van der Waals surface area contributed by atoms with Gasteiger partial charge < -0.3 is 29.2 Å². The van der Waals surface area contributed by atoms with Crippen molar-refractivity contribution in [2.75, 3.05) is 26.4 Å². The summed E-state index contributed by atoms with van der Waals surface area (Å²) in [6.07, 6.45) is 47.9. The van der Waals surface area contributed by atoms with E-state index in [0.29, 0.717) is 71.2 Å². The van der Waals surface area contributed by atoms with Crippen molar-refractivity contribution in [2.45, 2.75) is 239 Å². The van der Waals surface area contributed by atoms with Crippen molar-refractivity contribution in [3.63, 3.8) is 0 Å². The molecule has 10 heteroatoms. The number of phenols is 2. The maximum atomic E-state index is 12.7. The van der Waals surface area contributed by atoms with Crippen LogP contribution in [0.4, 0.5) is 11.4 Å². The Morgan fingerprint density at radius 2 is 0.620 bits per heavy atom. The molecule has 2 N–H and O–H groups in total. The largest absolute Gasteiger partial charge is 0.507 e. The van der Waals surface area contributed by atoms with Crippen LogP contribution in [0.2, 0.25) is 0 Å². The van der Waals surface area contributed by atoms with E-state index in [0.717, 1.165) is 32.1 Å². The molecule has 0 atom stereocenters. The molecular formula is C69H102N2O8. The lowest BCUT2D eigenvalue weighted by Crippen LogP contribution is -2.08. The van der Waals surface area contributed by atoms with Gasteiger partial charge in [0.2, 0.25) is 0 Å². The average Bonchev–Trinajstić information content (AvgIpc) is 3.46. The van der Waals surface area contributed by atoms with Gasteiger partial charge in [0.05, 0.1) is 48.9 Å². The van der Waals surface area contributed by atoms with E-state index in [9.17, 15) is 19.8 Å². The van der Waals surface area contributed by atoms with E-state index in [4.69, 9.17) is 18.9 Å². The quantitative estimate of drug-likeness (QED) is 0.0254. The van der Waals surface area contributed by atoms with Crippen LogP contribution in [0.15, 0.2) is 94.9 Å². The number of carbonyl (C=O) groups excluding carboxylic acids is 2. The van der Waals surface area contributed by atoms with E-state index >= 15 is 0 Å². The lowest BCUT2D eigenvalue weighted by molar-refractivity contribution is 0.0478. The number of hydrogen-bond donors (Lipinski definition) is 2. The van der Waals surface area contributed by atoms with Gasteiger partial charge in [-0.1, -0.05) is 206 Å². The van der Waals surface area contributed by atoms with Crippen LogP contribution in [-0.2, 0) is 9.47 Å². The maximum Gasteiger partial charge on any atom is 0.338 e. The third-order valence-electron chi connectivity index (χ3n) is 14.7. The van der Waals surface area contributed by atoms with Crippen molar-refractivity contribution in [1.82, 2.24) is 0 Å². The van der Waals surface area contributed by atoms with Crippen LogP contribution in [0.5, 0.6) is 23.0 Å². The number of benzene rings is 4. The van der Waals surface area contributed by atoms with Crippen molar-refractivity contribution in [3.8, 4) is 23.0 Å². The van der Waals surface area contributed by atoms with Gasteiger partial charge in [-0.15, -0.1) is 0 Å². The predicted octanol–water partition coefficient (Wildman–Crippen LogP) is 20.1. The highest BCUT2D eigenvalue weighted by molar-refractivity contribution is 5.91. The molecule has 10 nitrogen and oxygen atoms in total. The molecule has 0 aromatic heterocycles. The van der Waals surface area contributed by atoms with E-state index < -0.39 is 11.9 Å². The highest BCUT2D eigenvalue weighted by Gasteiger charge is 2.10. The number of aliphatic imine (C=N–C) groups is 2. The summed E-state index contributed by atoms with van der Waals surface area (Å²) < 4.78 is 22.7. The van der Waals surface area contributed by atoms with Crippen molar-refractivity contribution in [3.05, 3.63) is 107 Å². The standard InChI is InChI=1S/C69H102N2O8/c1-3-5-7-9-11-13-15-17-19-21-23-25-27-29-31-34-50-76-64-48-42-60(66(72)54-64)56-70-62-44-38-58(39-45-62)68(74)78-52-36-33-37-53-79-69(75)59-40-46-63(47-41-59)71-57-61-43-49-65(55-67(61)73)77-51-35-32-30-28-26-24-22-20-18-16-14-12-10-8-6-4-2/h38-49,54-57,72-73H,3-37,50-53H2,1-2H3. The number of ether oxygens (including phenoxy) is 4. The number of unbranched alkanes of at least 4 members (excludes halogenated alkanes) is 32. The van der Waals surface area contributed by atoms with Crippen molar-refractivity contribution in [2.24, 2.45) is 9.98 Å². The minimum absolute atomic E-state index is 0.0982. The second-order valence-electron chi connectivity index (χ2n) is 21.7. The van der Waals surface area contributed by atoms with E-state index in [-0.39, 0.29) is 24.7 Å². The Labute approximate surface area is 477 Å². The highest BCUT2D eigenvalue weighted by Crippen LogP contribution is 2.26. The molecule has 436 valence electrons. The van der Waals surface area contributed by atoms with Gasteiger partial charge >= 0.3 is 11.9 Å². The Bertz CT molecular complexity index is 2080. The van der Waals surface area contributed by atoms with Gasteiger partial charge in [-0.05, 0) is 105 Å². The number of esters is 2. The Morgan fingerprint density at radius 1 is 0.354 bits per heavy atom. The van der Waals surface area contributed by atoms with Crippen LogP contribution >= 0.6 is 0 Å². The minimum atomic E-state index is -0.419. The van der Waals surface area contributed by atoms with E-state index in [1.165, 1.54) is 180 Å². The fraction of sp³-hybridized carbons (Fsp3) is 0.594. The van der Waals surface area contributed by atoms with E-state index in [1.54, 1.807) is 85.2 Å². The first kappa shape index (κ1) is 65.9. The first-order valence-corrected chi connectivity index (χ1v) is 31.4. The Hall–Kier alpha value is -5.64. The molecule has 0 spiro atoms. The molecule has 0 aliphatic rings. The summed E-state index contributed by atoms with van der Waals surface area (Å²) in [5, 5.41) is 21.2. The highest BCUT2D eigenvalue weighted by atomic mass is 16.5. The SMILES string of the molecule is CCCCCCCCCCCCCCCCCCOc1ccc(C=Nc2ccc(C(=O)OCCCCCOC(=O)c3ccc(N=Cc4ccc(OCCCCCCCCCCCCCCCCCC)cc4O)cc3)cc2)c(O)c1. The molecule has 0 saturated heterocycles. The summed E-state index contributed by atoms with van der Waals surface area (Å²) in [4.78, 5) is 34.3. The molecule has 0 radical (unpaired) electrons. The zero-order chi connectivity index (χ0) is 56.1. The van der Waals surface area contributed by atoms with Gasteiger partial charge in [0.25, 0.3) is 0 Å². The summed E-state index contributed by atoms with van der Waals surface area (Å²) in [6.45, 7) is 6.33. The summed E-state index contributed by atoms with van der Waals surface area (Å²) in [5.74, 6) is 0.646. The summed E-state index contributed by atoms with van der Waals surface area (Å²) in [6, 6.07) is 24.2. The first-order valence-electron chi connectivity index (χ1n) is 31.4. The van der Waals surface area contributed by atoms with Gasteiger partial charge in [-0.3, -0.25) is 9.98 Å². The molecule has 4 aromatic carbocycles. The molecular weight excluding hydrogens is 985 g/mol. The second kappa shape index (κ2) is 44.1. The monoisotopic (exact) mass is 1090 g/mol. The van der Waals surface area contributed by atoms with E-state index in [1.807, 2.05) is 12.1 Å². The van der Waals surface area contributed by atoms with Crippen molar-refractivity contribution < 1.29 is 38.7 Å². The van der Waals surface area contributed by atoms with Gasteiger partial charge in [-0.2, -0.15) is 0 Å². The average molecular weight is 1090 g/mol. The first-order chi connectivity index (χ1) is 38.9. The van der Waals surface area contributed by atoms with Gasteiger partial charge in [0.1, 0.15) is 23.0 Å². The number of rotatable bonds is 48. The molecule has 0 unspecified atom stereocenters. The van der Waals surface area contributed by atoms with Crippen molar-refractivity contribution in [1.29, 1.82) is 0 Å². The molecule has 0 aliphatic carbocycles. The summed E-state index contributed by atoms with van der Waals surface area (Å²) >= 11 is 0. The van der Waals surface area contributed by atoms with Crippen LogP contribution in [-0.4, -0.2) is 61.0 Å². The molecule has 0 fully saturated rings. The van der Waals surface area contributed by atoms with Gasteiger partial charge in [0.15, 0.2) is 0 Å². The zero-order valence-electron chi connectivity index (χ0n) is 49.1. The number of aromatic hydroxyl groups is 2. The lowest BCUT2D eigenvalue weighted by Gasteiger charge is -2.08. The van der Waals surface area contributed by atoms with Crippen LogP contribution in [0.3, 0.4) is 0 Å². The molecule has 0 heterocycles. The maximum absolute atomic E-state index is 12.7. The van der Waals surface area contributed by atoms with Gasteiger partial charge in [-0.25, -0.2) is 9.59 Å². The van der Waals surface area contributed by atoms with Crippen LogP contribution in [0.25, 0.3) is 0 Å². The summed E-state index contributed by atoms with van der Waals surface area (Å²) in [7, 11) is 0. The zero-order valence-corrected chi connectivity index (χ0v) is 49.1. The molecule has 4 aromatic rings. The topological polar surface area (TPSA) is 136 Å². The van der Waals surface area contributed by atoms with Crippen molar-refractivity contribution >= 4 is 35.7 Å². The van der Waals surface area contributed by atoms with Gasteiger partial charge in [0, 0.05) is 35.7 Å². The van der Waals surface area contributed by atoms with Crippen LogP contribution < -0.4 is 9.47 Å². The summed E-state index contributed by atoms with van der Waals surface area (Å²) in [5.41, 5.74) is 3.27. The number of hydrogen-bond acceptors (Lipinski definition) is 10. The fourth-order valence-electron chi connectivity index (χ4n) is 9.66. The molecule has 0 saturated carbocycles. The number of nitrogens with zero attached hydrogens (tertiary/aromatic N) is 2. The third kappa shape index (κ3) is 31.7. The second-order valence-corrected chi connectivity index (χ2v) is 21.7. The van der Waals surface area contributed by atoms with Crippen LogP contribution in [0.1, 0.15) is 270 Å². The van der Waals surface area contributed by atoms with Crippen LogP contribution in [0, 0.1) is 0 Å². The smallest absolute Gasteiger partial charge is 0.338 e. The Morgan fingerprint density at radius 3 is 0.911 bits per heavy atom. The minimum Gasteiger partial charge on any atom is -0.507 e. The predicted molar refractivity (Wildman–Crippen MR) is 328 cm³/mol. The molecule has 0 amide bonds.